The van der Waals surface area contributed by atoms with Crippen molar-refractivity contribution in [1.29, 1.82) is 0 Å². The monoisotopic (exact) mass is 279 g/mol. The van der Waals surface area contributed by atoms with Gasteiger partial charge in [0.2, 0.25) is 0 Å². The molecule has 0 spiro atoms. The molecule has 4 heteroatoms. The number of nitrogen functional groups attached to an aromatic ring is 1. The Morgan fingerprint density at radius 2 is 1.71 bits per heavy atom. The molecule has 0 saturated carbocycles. The van der Waals surface area contributed by atoms with Gasteiger partial charge in [-0.3, -0.25) is 4.79 Å². The highest BCUT2D eigenvalue weighted by Gasteiger charge is 2.36. The van der Waals surface area contributed by atoms with Crippen LogP contribution in [0.5, 0.6) is 0 Å². The molecule has 2 aliphatic rings. The second-order valence-corrected chi connectivity index (χ2v) is 5.74. The smallest absolute Gasteiger partial charge is 0.251 e. The van der Waals surface area contributed by atoms with Crippen LogP contribution in [0.15, 0.2) is 42.5 Å². The molecule has 0 aliphatic carbocycles. The molecule has 2 atom stereocenters. The normalized spacial score (nSPS) is 23.0. The lowest BCUT2D eigenvalue weighted by Gasteiger charge is -2.22. The fourth-order valence-electron chi connectivity index (χ4n) is 3.52. The Balaban J connectivity index is 1.83. The number of nitrogens with two attached hydrogens (primary N) is 1. The third kappa shape index (κ3) is 1.87. The van der Waals surface area contributed by atoms with E-state index in [4.69, 9.17) is 5.73 Å². The molecule has 4 nitrogen and oxygen atoms in total. The molecule has 2 unspecified atom stereocenters. The highest BCUT2D eigenvalue weighted by Crippen LogP contribution is 2.44. The maximum absolute atomic E-state index is 12.3. The number of hydrogen-bond acceptors (Lipinski definition) is 3. The lowest BCUT2D eigenvalue weighted by molar-refractivity contribution is 0.0954. The fraction of sp³-hybridized carbons (Fsp3) is 0.235. The molecule has 0 aromatic heterocycles. The summed E-state index contributed by atoms with van der Waals surface area (Å²) in [5, 5.41) is 6.49. The van der Waals surface area contributed by atoms with Gasteiger partial charge in [0.25, 0.3) is 5.91 Å². The first-order valence-corrected chi connectivity index (χ1v) is 7.24. The molecule has 2 aromatic carbocycles. The lowest BCUT2D eigenvalue weighted by Crippen LogP contribution is -2.27. The van der Waals surface area contributed by atoms with E-state index >= 15 is 0 Å². The summed E-state index contributed by atoms with van der Waals surface area (Å²) in [6.07, 6.45) is 0. The van der Waals surface area contributed by atoms with E-state index < -0.39 is 0 Å². The average Bonchev–Trinajstić information content (AvgIpc) is 2.86. The fourth-order valence-corrected chi connectivity index (χ4v) is 3.52. The van der Waals surface area contributed by atoms with Crippen LogP contribution in [0, 0.1) is 0 Å². The summed E-state index contributed by atoms with van der Waals surface area (Å²) in [5.74, 6) is 0.615. The van der Waals surface area contributed by atoms with E-state index in [0.717, 1.165) is 29.0 Å². The maximum atomic E-state index is 12.3. The van der Waals surface area contributed by atoms with Gasteiger partial charge in [0.05, 0.1) is 0 Å². The lowest BCUT2D eigenvalue weighted by atomic mass is 9.82. The maximum Gasteiger partial charge on any atom is 0.251 e. The molecule has 0 saturated heterocycles. The third-order valence-electron chi connectivity index (χ3n) is 4.57. The largest absolute Gasteiger partial charge is 0.399 e. The van der Waals surface area contributed by atoms with Crippen molar-refractivity contribution in [2.75, 3.05) is 24.1 Å². The Morgan fingerprint density at radius 3 is 2.52 bits per heavy atom. The quantitative estimate of drug-likeness (QED) is 0.702. The first-order chi connectivity index (χ1) is 10.2. The van der Waals surface area contributed by atoms with Gasteiger partial charge in [-0.2, -0.15) is 0 Å². The first kappa shape index (κ1) is 12.3. The van der Waals surface area contributed by atoms with Crippen molar-refractivity contribution in [3.8, 4) is 0 Å². The number of anilines is 2. The number of amides is 1. The van der Waals surface area contributed by atoms with Gasteiger partial charge in [0.15, 0.2) is 0 Å². The SMILES string of the molecule is Nc1ccc(C2CNC(=O)c3cccc4c3C2CN4)cc1. The van der Waals surface area contributed by atoms with Crippen LogP contribution in [0.2, 0.25) is 0 Å². The second-order valence-electron chi connectivity index (χ2n) is 5.74. The molecule has 2 aliphatic heterocycles. The summed E-state index contributed by atoms with van der Waals surface area (Å²) in [5.41, 5.74) is 10.8. The Labute approximate surface area is 123 Å². The summed E-state index contributed by atoms with van der Waals surface area (Å²) < 4.78 is 0. The molecule has 2 aromatic rings. The van der Waals surface area contributed by atoms with Crippen LogP contribution < -0.4 is 16.4 Å². The van der Waals surface area contributed by atoms with Gasteiger partial charge in [-0.15, -0.1) is 0 Å². The zero-order valence-corrected chi connectivity index (χ0v) is 11.6. The van der Waals surface area contributed by atoms with Crippen molar-refractivity contribution in [1.82, 2.24) is 5.32 Å². The molecular formula is C17H17N3O. The second kappa shape index (κ2) is 4.52. The van der Waals surface area contributed by atoms with Gasteiger partial charge >= 0.3 is 0 Å². The highest BCUT2D eigenvalue weighted by molar-refractivity contribution is 5.98. The average molecular weight is 279 g/mol. The van der Waals surface area contributed by atoms with E-state index in [1.54, 1.807) is 0 Å². The van der Waals surface area contributed by atoms with Gasteiger partial charge < -0.3 is 16.4 Å². The number of carbonyl (C=O) groups excluding carboxylic acids is 1. The third-order valence-corrected chi connectivity index (χ3v) is 4.57. The molecule has 0 radical (unpaired) electrons. The molecule has 0 bridgehead atoms. The van der Waals surface area contributed by atoms with Crippen LogP contribution in [0.25, 0.3) is 0 Å². The standard InChI is InChI=1S/C17H17N3O/c18-11-6-4-10(5-7-11)13-8-20-17(21)12-2-1-3-15-16(12)14(13)9-19-15/h1-7,13-14,19H,8-9,18H2,(H,20,21). The van der Waals surface area contributed by atoms with Crippen LogP contribution in [0.1, 0.15) is 33.3 Å². The van der Waals surface area contributed by atoms with E-state index in [1.165, 1.54) is 5.56 Å². The molecule has 0 fully saturated rings. The van der Waals surface area contributed by atoms with Crippen molar-refractivity contribution in [3.63, 3.8) is 0 Å². The van der Waals surface area contributed by atoms with Crippen molar-refractivity contribution < 1.29 is 4.79 Å². The summed E-state index contributed by atoms with van der Waals surface area (Å²) in [7, 11) is 0. The first-order valence-electron chi connectivity index (χ1n) is 7.24. The van der Waals surface area contributed by atoms with Gasteiger partial charge in [0, 0.05) is 41.9 Å². The zero-order valence-electron chi connectivity index (χ0n) is 11.6. The Kier molecular flexibility index (Phi) is 2.64. The topological polar surface area (TPSA) is 67.1 Å². The van der Waals surface area contributed by atoms with E-state index in [1.807, 2.05) is 24.3 Å². The predicted octanol–water partition coefficient (Wildman–Crippen LogP) is 2.31. The van der Waals surface area contributed by atoms with Crippen molar-refractivity contribution >= 4 is 17.3 Å². The molecule has 2 heterocycles. The molecule has 1 amide bonds. The number of hydrogen-bond donors (Lipinski definition) is 3. The summed E-state index contributed by atoms with van der Waals surface area (Å²) in [4.78, 5) is 12.3. The molecule has 4 rings (SSSR count). The number of nitrogens with one attached hydrogen (secondary N) is 2. The van der Waals surface area contributed by atoms with Crippen LogP contribution in [0.4, 0.5) is 11.4 Å². The van der Waals surface area contributed by atoms with Crippen LogP contribution in [0.3, 0.4) is 0 Å². The molecule has 106 valence electrons. The van der Waals surface area contributed by atoms with Crippen molar-refractivity contribution in [2.45, 2.75) is 11.8 Å². The minimum atomic E-state index is 0.0264. The van der Waals surface area contributed by atoms with E-state index in [2.05, 4.69) is 28.8 Å². The number of rotatable bonds is 1. The predicted molar refractivity (Wildman–Crippen MR) is 83.6 cm³/mol. The van der Waals surface area contributed by atoms with E-state index in [0.29, 0.717) is 12.5 Å². The highest BCUT2D eigenvalue weighted by atomic mass is 16.1. The molecular weight excluding hydrogens is 262 g/mol. The Bertz CT molecular complexity index is 708. The van der Waals surface area contributed by atoms with Gasteiger partial charge in [0.1, 0.15) is 0 Å². The minimum absolute atomic E-state index is 0.0264. The van der Waals surface area contributed by atoms with Gasteiger partial charge in [-0.25, -0.2) is 0 Å². The number of benzene rings is 2. The van der Waals surface area contributed by atoms with Crippen LogP contribution >= 0.6 is 0 Å². The minimum Gasteiger partial charge on any atom is -0.399 e. The van der Waals surface area contributed by atoms with Crippen LogP contribution in [-0.4, -0.2) is 19.0 Å². The summed E-state index contributed by atoms with van der Waals surface area (Å²) >= 11 is 0. The molecule has 4 N–H and O–H groups in total. The van der Waals surface area contributed by atoms with Crippen LogP contribution in [-0.2, 0) is 0 Å². The van der Waals surface area contributed by atoms with E-state index in [9.17, 15) is 4.79 Å². The Hall–Kier alpha value is -2.49. The summed E-state index contributed by atoms with van der Waals surface area (Å²) in [6.45, 7) is 1.53. The van der Waals surface area contributed by atoms with Gasteiger partial charge in [-0.1, -0.05) is 18.2 Å². The zero-order chi connectivity index (χ0) is 14.4. The summed E-state index contributed by atoms with van der Waals surface area (Å²) in [6, 6.07) is 13.9. The number of carbonyl (C=O) groups is 1. The Morgan fingerprint density at radius 1 is 0.952 bits per heavy atom. The van der Waals surface area contributed by atoms with Crippen molar-refractivity contribution in [2.24, 2.45) is 0 Å². The van der Waals surface area contributed by atoms with Crippen molar-refractivity contribution in [3.05, 3.63) is 59.2 Å². The van der Waals surface area contributed by atoms with E-state index in [-0.39, 0.29) is 11.8 Å². The molecule has 21 heavy (non-hydrogen) atoms. The van der Waals surface area contributed by atoms with Gasteiger partial charge in [-0.05, 0) is 35.4 Å².